The van der Waals surface area contributed by atoms with Gasteiger partial charge in [-0.05, 0) is 40.0 Å². The second-order valence-corrected chi connectivity index (χ2v) is 8.71. The monoisotopic (exact) mass is 395 g/mol. The SMILES string of the molecule is CC(C)C(C)(C)C[C@@H](NC(=O)OCC1c2ccccc2-c2ccccc21)C(=O)O. The fourth-order valence-electron chi connectivity index (χ4n) is 3.74. The summed E-state index contributed by atoms with van der Waals surface area (Å²) in [6.45, 7) is 8.28. The van der Waals surface area contributed by atoms with Crippen LogP contribution < -0.4 is 5.32 Å². The number of benzene rings is 2. The van der Waals surface area contributed by atoms with Gasteiger partial charge in [0.2, 0.25) is 0 Å². The third kappa shape index (κ3) is 4.44. The number of nitrogens with one attached hydrogen (secondary N) is 1. The average Bonchev–Trinajstić information content (AvgIpc) is 2.99. The third-order valence-electron chi connectivity index (χ3n) is 6.23. The highest BCUT2D eigenvalue weighted by atomic mass is 16.5. The molecule has 5 heteroatoms. The van der Waals surface area contributed by atoms with Crippen molar-refractivity contribution in [1.82, 2.24) is 5.32 Å². The maximum absolute atomic E-state index is 12.4. The van der Waals surface area contributed by atoms with Gasteiger partial charge in [0, 0.05) is 5.92 Å². The maximum atomic E-state index is 12.4. The number of carbonyl (C=O) groups is 2. The third-order valence-corrected chi connectivity index (χ3v) is 6.23. The minimum atomic E-state index is -1.05. The van der Waals surface area contributed by atoms with E-state index >= 15 is 0 Å². The number of carboxylic acids is 1. The summed E-state index contributed by atoms with van der Waals surface area (Å²) in [6.07, 6.45) is -0.358. The lowest BCUT2D eigenvalue weighted by Gasteiger charge is -2.32. The van der Waals surface area contributed by atoms with Crippen molar-refractivity contribution in [2.45, 2.75) is 46.1 Å². The zero-order valence-corrected chi connectivity index (χ0v) is 17.4. The van der Waals surface area contributed by atoms with Crippen LogP contribution in [-0.4, -0.2) is 29.8 Å². The molecule has 0 spiro atoms. The molecule has 0 saturated heterocycles. The Labute approximate surface area is 172 Å². The minimum absolute atomic E-state index is 0.0523. The fourth-order valence-corrected chi connectivity index (χ4v) is 3.74. The molecule has 3 rings (SSSR count). The van der Waals surface area contributed by atoms with Crippen LogP contribution in [-0.2, 0) is 9.53 Å². The van der Waals surface area contributed by atoms with Gasteiger partial charge in [-0.1, -0.05) is 76.2 Å². The lowest BCUT2D eigenvalue weighted by atomic mass is 9.76. The molecule has 0 bridgehead atoms. The summed E-state index contributed by atoms with van der Waals surface area (Å²) in [5.41, 5.74) is 4.33. The first-order valence-electron chi connectivity index (χ1n) is 10.0. The van der Waals surface area contributed by atoms with Gasteiger partial charge in [0.15, 0.2) is 0 Å². The molecule has 0 radical (unpaired) electrons. The number of aliphatic carboxylic acids is 1. The van der Waals surface area contributed by atoms with E-state index in [0.717, 1.165) is 22.3 Å². The first kappa shape index (κ1) is 20.9. The van der Waals surface area contributed by atoms with Crippen molar-refractivity contribution in [2.75, 3.05) is 6.61 Å². The molecule has 1 atom stereocenters. The number of fused-ring (bicyclic) bond motifs is 3. The molecule has 29 heavy (non-hydrogen) atoms. The number of hydrogen-bond donors (Lipinski definition) is 2. The van der Waals surface area contributed by atoms with Gasteiger partial charge < -0.3 is 15.2 Å². The second kappa shape index (κ2) is 8.27. The Hall–Kier alpha value is -2.82. The standard InChI is InChI=1S/C24H29NO4/c1-15(2)24(3,4)13-21(22(26)27)25-23(28)29-14-20-18-11-7-5-9-16(18)17-10-6-8-12-19(17)20/h5-12,15,20-21H,13-14H2,1-4H3,(H,25,28)(H,26,27)/t21-/m1/s1. The lowest BCUT2D eigenvalue weighted by Crippen LogP contribution is -2.44. The van der Waals surface area contributed by atoms with Crippen LogP contribution in [0.15, 0.2) is 48.5 Å². The van der Waals surface area contributed by atoms with E-state index in [1.807, 2.05) is 64.1 Å². The van der Waals surface area contributed by atoms with E-state index in [9.17, 15) is 14.7 Å². The number of carbonyl (C=O) groups excluding carboxylic acids is 1. The van der Waals surface area contributed by atoms with Crippen LogP contribution in [0.1, 0.15) is 51.2 Å². The van der Waals surface area contributed by atoms with Crippen LogP contribution in [0.5, 0.6) is 0 Å². The number of alkyl carbamates (subject to hydrolysis) is 1. The summed E-state index contributed by atoms with van der Waals surface area (Å²) in [4.78, 5) is 24.1. The summed E-state index contributed by atoms with van der Waals surface area (Å²) >= 11 is 0. The summed E-state index contributed by atoms with van der Waals surface area (Å²) < 4.78 is 5.48. The Morgan fingerprint density at radius 1 is 1.03 bits per heavy atom. The van der Waals surface area contributed by atoms with Gasteiger partial charge in [-0.15, -0.1) is 0 Å². The van der Waals surface area contributed by atoms with E-state index in [4.69, 9.17) is 4.74 Å². The van der Waals surface area contributed by atoms with Gasteiger partial charge >= 0.3 is 12.1 Å². The number of carboxylic acid groups (broad SMARTS) is 1. The van der Waals surface area contributed by atoms with E-state index in [-0.39, 0.29) is 23.9 Å². The maximum Gasteiger partial charge on any atom is 0.407 e. The highest BCUT2D eigenvalue weighted by molar-refractivity contribution is 5.81. The van der Waals surface area contributed by atoms with E-state index in [2.05, 4.69) is 17.4 Å². The number of ether oxygens (including phenoxy) is 1. The van der Waals surface area contributed by atoms with Gasteiger partial charge in [-0.25, -0.2) is 9.59 Å². The molecule has 0 unspecified atom stereocenters. The molecule has 1 amide bonds. The van der Waals surface area contributed by atoms with Gasteiger partial charge in [-0.3, -0.25) is 0 Å². The van der Waals surface area contributed by atoms with E-state index in [1.165, 1.54) is 0 Å². The van der Waals surface area contributed by atoms with Crippen LogP contribution in [0.4, 0.5) is 4.79 Å². The lowest BCUT2D eigenvalue weighted by molar-refractivity contribution is -0.140. The molecule has 0 heterocycles. The van der Waals surface area contributed by atoms with Crippen molar-refractivity contribution < 1.29 is 19.4 Å². The van der Waals surface area contributed by atoms with Crippen molar-refractivity contribution >= 4 is 12.1 Å². The topological polar surface area (TPSA) is 75.6 Å². The van der Waals surface area contributed by atoms with E-state index < -0.39 is 18.1 Å². The summed E-state index contributed by atoms with van der Waals surface area (Å²) in [6, 6.07) is 15.2. The minimum Gasteiger partial charge on any atom is -0.480 e. The summed E-state index contributed by atoms with van der Waals surface area (Å²) in [5, 5.41) is 12.1. The number of rotatable bonds is 7. The van der Waals surface area contributed by atoms with E-state index in [1.54, 1.807) is 0 Å². The fraction of sp³-hybridized carbons (Fsp3) is 0.417. The summed E-state index contributed by atoms with van der Waals surface area (Å²) in [5.74, 6) is -0.815. The largest absolute Gasteiger partial charge is 0.480 e. The Morgan fingerprint density at radius 2 is 1.55 bits per heavy atom. The molecule has 154 valence electrons. The smallest absolute Gasteiger partial charge is 0.407 e. The van der Waals surface area contributed by atoms with E-state index in [0.29, 0.717) is 6.42 Å². The average molecular weight is 395 g/mol. The predicted octanol–water partition coefficient (Wildman–Crippen LogP) is 5.05. The molecule has 0 fully saturated rings. The van der Waals surface area contributed by atoms with Crippen LogP contribution >= 0.6 is 0 Å². The molecule has 0 aliphatic heterocycles. The Balaban J connectivity index is 1.68. The van der Waals surface area contributed by atoms with Crippen molar-refractivity contribution in [3.8, 4) is 11.1 Å². The number of hydrogen-bond acceptors (Lipinski definition) is 3. The van der Waals surface area contributed by atoms with Crippen LogP contribution in [0.25, 0.3) is 11.1 Å². The second-order valence-electron chi connectivity index (χ2n) is 8.71. The first-order chi connectivity index (χ1) is 13.7. The van der Waals surface area contributed by atoms with Gasteiger partial charge in [0.05, 0.1) is 0 Å². The Bertz CT molecular complexity index is 858. The molecule has 2 N–H and O–H groups in total. The van der Waals surface area contributed by atoms with Crippen molar-refractivity contribution in [3.63, 3.8) is 0 Å². The van der Waals surface area contributed by atoms with Crippen molar-refractivity contribution in [1.29, 1.82) is 0 Å². The van der Waals surface area contributed by atoms with Crippen LogP contribution in [0, 0.1) is 11.3 Å². The predicted molar refractivity (Wildman–Crippen MR) is 113 cm³/mol. The Kier molecular flexibility index (Phi) is 5.96. The molecule has 2 aromatic rings. The summed E-state index contributed by atoms with van der Waals surface area (Å²) in [7, 11) is 0. The molecule has 1 aliphatic rings. The molecule has 1 aliphatic carbocycles. The zero-order chi connectivity index (χ0) is 21.2. The van der Waals surface area contributed by atoms with Crippen molar-refractivity contribution in [2.24, 2.45) is 11.3 Å². The molecule has 0 aromatic heterocycles. The molecular formula is C24H29NO4. The normalized spacial score (nSPS) is 14.2. The Morgan fingerprint density at radius 3 is 2.03 bits per heavy atom. The van der Waals surface area contributed by atoms with Crippen LogP contribution in [0.2, 0.25) is 0 Å². The van der Waals surface area contributed by atoms with Gasteiger partial charge in [0.25, 0.3) is 0 Å². The van der Waals surface area contributed by atoms with Crippen LogP contribution in [0.3, 0.4) is 0 Å². The highest BCUT2D eigenvalue weighted by Gasteiger charge is 2.33. The number of amides is 1. The first-order valence-corrected chi connectivity index (χ1v) is 10.0. The quantitative estimate of drug-likeness (QED) is 0.688. The molecule has 2 aromatic carbocycles. The molecule has 0 saturated carbocycles. The highest BCUT2D eigenvalue weighted by Crippen LogP contribution is 2.44. The van der Waals surface area contributed by atoms with Gasteiger partial charge in [0.1, 0.15) is 12.6 Å². The van der Waals surface area contributed by atoms with Crippen molar-refractivity contribution in [3.05, 3.63) is 59.7 Å². The molecule has 5 nitrogen and oxygen atoms in total. The van der Waals surface area contributed by atoms with Gasteiger partial charge in [-0.2, -0.15) is 0 Å². The zero-order valence-electron chi connectivity index (χ0n) is 17.4. The molecular weight excluding hydrogens is 366 g/mol.